The number of benzene rings is 1. The number of hydrogen-bond acceptors (Lipinski definition) is 28. The fraction of sp³-hybridized carbons (Fsp3) is 0.689. The van der Waals surface area contributed by atoms with Crippen molar-refractivity contribution < 1.29 is 102 Å². The first-order valence-electron chi connectivity index (χ1n) is 39.1. The van der Waals surface area contributed by atoms with E-state index in [-0.39, 0.29) is 138 Å². The van der Waals surface area contributed by atoms with E-state index in [2.05, 4.69) is 89.7 Å². The first-order valence-corrected chi connectivity index (χ1v) is 42.8. The van der Waals surface area contributed by atoms with Gasteiger partial charge in [-0.3, -0.25) is 72.1 Å². The monoisotopic (exact) mass is 1730 g/mol. The molecule has 0 aromatic heterocycles. The van der Waals surface area contributed by atoms with Crippen molar-refractivity contribution in [2.24, 2.45) is 38.4 Å². The number of carbonyl (C=O) groups excluding carboxylic acids is 13. The molecule has 2 heterocycles. The molecule has 0 unspecified atom stereocenters. The molecule has 2 aliphatic heterocycles. The number of carbonyl (C=O) groups is 14. The fourth-order valence-corrected chi connectivity index (χ4v) is 14.1. The van der Waals surface area contributed by atoms with Crippen LogP contribution in [0.2, 0.25) is 0 Å². The molecule has 1 aromatic rings. The minimum atomic E-state index is -1.87. The number of unbranched alkanes of at least 4 members (excludes halogenated alkanes) is 1. The number of primary amides is 1. The normalized spacial score (nSPS) is 19.4. The number of aliphatic imine (C=N–C) groups is 1. The highest BCUT2D eigenvalue weighted by molar-refractivity contribution is 8.76. The smallest absolute Gasteiger partial charge is 0.305 e. The summed E-state index contributed by atoms with van der Waals surface area (Å²) in [6, 6.07) is -2.06. The molecule has 2 saturated heterocycles. The molecule has 0 aliphatic carbocycles. The number of oxime groups is 2. The van der Waals surface area contributed by atoms with Gasteiger partial charge in [0.1, 0.15) is 55.5 Å². The summed E-state index contributed by atoms with van der Waals surface area (Å²) in [4.78, 5) is 192. The van der Waals surface area contributed by atoms with E-state index in [1.54, 1.807) is 51.3 Å². The van der Waals surface area contributed by atoms with Crippen LogP contribution in [0.1, 0.15) is 138 Å². The highest BCUT2D eigenvalue weighted by atomic mass is 33.1. The van der Waals surface area contributed by atoms with E-state index >= 15 is 0 Å². The molecule has 44 heteroatoms. The largest absolute Gasteiger partial charge is 0.481 e. The summed E-state index contributed by atoms with van der Waals surface area (Å²) < 4.78 is 20.1. The molecule has 2 bridgehead atoms. The van der Waals surface area contributed by atoms with Gasteiger partial charge in [0, 0.05) is 83.0 Å². The van der Waals surface area contributed by atoms with Crippen molar-refractivity contribution in [3.8, 4) is 0 Å². The summed E-state index contributed by atoms with van der Waals surface area (Å²) in [7, 11) is 3.61. The number of thioether (sulfide) groups is 1. The molecule has 7 atom stereocenters. The number of nitrogens with zero attached hydrogens (tertiary/aromatic N) is 3. The summed E-state index contributed by atoms with van der Waals surface area (Å²) >= 11 is 0.801. The van der Waals surface area contributed by atoms with Crippen LogP contribution in [0.5, 0.6) is 0 Å². The molecule has 41 nitrogen and oxygen atoms in total. The highest BCUT2D eigenvalue weighted by Crippen LogP contribution is 2.24. The summed E-state index contributed by atoms with van der Waals surface area (Å²) in [5.41, 5.74) is 16.4. The summed E-state index contributed by atoms with van der Waals surface area (Å²) in [6.07, 6.45) is 2.45. The van der Waals surface area contributed by atoms with Gasteiger partial charge in [-0.1, -0.05) is 69.2 Å². The maximum atomic E-state index is 14.6. The number of methoxy groups -OCH3 is 1. The molecule has 0 spiro atoms. The van der Waals surface area contributed by atoms with E-state index in [4.69, 9.17) is 36.1 Å². The van der Waals surface area contributed by atoms with Crippen molar-refractivity contribution in [2.45, 2.75) is 192 Å². The van der Waals surface area contributed by atoms with Crippen molar-refractivity contribution in [3.63, 3.8) is 0 Å². The maximum absolute atomic E-state index is 14.6. The molecule has 2 fully saturated rings. The molecule has 3 rings (SSSR count). The van der Waals surface area contributed by atoms with E-state index in [0.29, 0.717) is 82.4 Å². The zero-order valence-electron chi connectivity index (χ0n) is 68.8. The molecule has 0 saturated carbocycles. The molecule has 23 N–H and O–H groups in total. The zero-order chi connectivity index (χ0) is 87.9. The van der Waals surface area contributed by atoms with E-state index < -0.39 is 143 Å². The van der Waals surface area contributed by atoms with Crippen LogP contribution in [-0.4, -0.2) is 298 Å². The Morgan fingerprint density at radius 3 is 1.70 bits per heavy atom. The summed E-state index contributed by atoms with van der Waals surface area (Å²) in [5.74, 6) is -12.6. The quantitative estimate of drug-likeness (QED) is 0.00773. The summed E-state index contributed by atoms with van der Waals surface area (Å²) in [6.45, 7) is 15.9. The van der Waals surface area contributed by atoms with Crippen LogP contribution < -0.4 is 91.6 Å². The number of carboxylic acids is 1. The van der Waals surface area contributed by atoms with Crippen molar-refractivity contribution in [2.75, 3.05) is 129 Å². The number of nitrogens with one attached hydrogen (secondary N) is 14. The van der Waals surface area contributed by atoms with Gasteiger partial charge in [-0.05, 0) is 130 Å². The van der Waals surface area contributed by atoms with Crippen LogP contribution in [0.3, 0.4) is 0 Å². The lowest BCUT2D eigenvalue weighted by Crippen LogP contribution is -2.60. The minimum Gasteiger partial charge on any atom is -0.481 e. The van der Waals surface area contributed by atoms with Gasteiger partial charge in [0.15, 0.2) is 5.96 Å². The minimum absolute atomic E-state index is 0.0122. The molecule has 118 heavy (non-hydrogen) atoms. The van der Waals surface area contributed by atoms with Crippen LogP contribution in [0.15, 0.2) is 45.6 Å². The van der Waals surface area contributed by atoms with E-state index in [1.807, 2.05) is 34.6 Å². The lowest BCUT2D eigenvalue weighted by Gasteiger charge is -2.28. The fourth-order valence-electron chi connectivity index (χ4n) is 10.9. The van der Waals surface area contributed by atoms with Gasteiger partial charge >= 0.3 is 5.97 Å². The van der Waals surface area contributed by atoms with Crippen LogP contribution in [-0.2, 0) is 92.5 Å². The Morgan fingerprint density at radius 1 is 0.559 bits per heavy atom. The Bertz CT molecular complexity index is 3380. The van der Waals surface area contributed by atoms with Gasteiger partial charge < -0.3 is 126 Å². The van der Waals surface area contributed by atoms with Gasteiger partial charge in [0.05, 0.1) is 67.6 Å². The highest BCUT2D eigenvalue weighted by Gasteiger charge is 2.36. The molecular weight excluding hydrogens is 1600 g/mol. The second-order valence-corrected chi connectivity index (χ2v) is 32.2. The number of ether oxygens (including phenoxy) is 4. The SMILES string of the molecule is CCCOCCNC(=O)[C@@H]1CSSC[C@@H]2NC(=O)[C@H](CCCCNC(=O)CCCC(=O)NCCC(CCNC(C)(C)/C(C)=N\O)CCNC(C)(C)/C(C)=N\O)NC(=O)CSC[C@H](NC(=O)[C@H](CC(=O)O)NC(=O)CNC(=O)[C@H](CCCN=C(N)N)NC2=O)C(=O)N[C@@H](Cc2ccccc2)C(=O)N1.COCCOCCNC(=O)COCC(N)=O. The first kappa shape index (κ1) is 105. The van der Waals surface area contributed by atoms with Crippen LogP contribution in [0, 0.1) is 5.92 Å². The van der Waals surface area contributed by atoms with Gasteiger partial charge in [0.25, 0.3) is 0 Å². The molecule has 13 amide bonds. The average molecular weight is 1730 g/mol. The lowest BCUT2D eigenvalue weighted by atomic mass is 9.94. The molecule has 2 aliphatic rings. The van der Waals surface area contributed by atoms with Crippen LogP contribution in [0.25, 0.3) is 0 Å². The van der Waals surface area contributed by atoms with E-state index in [0.717, 1.165) is 46.2 Å². The van der Waals surface area contributed by atoms with E-state index in [1.165, 1.54) is 0 Å². The average Bonchev–Trinajstić information content (AvgIpc) is 1.05. The lowest BCUT2D eigenvalue weighted by molar-refractivity contribution is -0.141. The number of aliphatic carboxylic acids is 1. The predicted molar refractivity (Wildman–Crippen MR) is 446 cm³/mol. The van der Waals surface area contributed by atoms with Gasteiger partial charge in [-0.25, -0.2) is 0 Å². The predicted octanol–water partition coefficient (Wildman–Crippen LogP) is -2.98. The number of nitrogens with two attached hydrogens (primary N) is 3. The molecule has 0 radical (unpaired) electrons. The van der Waals surface area contributed by atoms with Gasteiger partial charge in [-0.2, -0.15) is 0 Å². The van der Waals surface area contributed by atoms with Crippen LogP contribution >= 0.6 is 33.3 Å². The standard InChI is InChI=1S/C65H108N18O16S3.C9H18N2O5/c1-8-31-99-32-30-70-57(91)49-37-101-102-38-50-62(96)77-44(19-15-26-71-63(66)67)56(90)72-35-53(86)76-47(34-55(88)89)60(94)79-48(61(95)78-46(59(93)80-49)33-43-16-10-9-11-17-43)36-100-39-54(87)75-45(58(92)81-50)18-12-13-25-68-51(84)20-14-21-52(85)69-27-22-42(23-28-73-64(4,5)40(2)82-97)24-29-74-65(6,7)41(3)83-98;1-14-4-5-15-3-2-11-9(13)7-16-6-8(10)12/h9-11,16-17,42,44-50,73-74,97-98H,8,12-15,18-39H2,1-7H3,(H,68,84)(H,69,85)(H,70,91)(H,72,90)(H,75,87)(H,76,86)(H,77,96)(H,78,95)(H,79,94)(H,80,93)(H,81,92)(H,88,89)(H4,66,67,71);2-7H2,1H3,(H2,10,12)(H,11,13)/b82-40-,83-41-;/t44-,45-,46-,47-,48-,49-,50-;/m0./s1. The number of guanidine groups is 1. The number of carboxylic acid groups (broad SMARTS) is 1. The number of rotatable bonds is 46. The summed E-state index contributed by atoms with van der Waals surface area (Å²) in [5, 5.41) is 73.8. The molecule has 666 valence electrons. The number of fused-ring (bicyclic) bond motifs is 9. The third-order valence-corrected chi connectivity index (χ3v) is 21.7. The Balaban J connectivity index is 0.00000264. The Hall–Kier alpha value is -9.18. The van der Waals surface area contributed by atoms with Crippen molar-refractivity contribution in [1.29, 1.82) is 0 Å². The Morgan fingerprint density at radius 2 is 1.10 bits per heavy atom. The van der Waals surface area contributed by atoms with Gasteiger partial charge in [0.2, 0.25) is 76.8 Å². The Kier molecular flexibility index (Phi) is 53.6. The number of hydrogen-bond donors (Lipinski definition) is 20. The zero-order valence-corrected chi connectivity index (χ0v) is 71.3. The molecular formula is C74H126N20O21S3. The second-order valence-electron chi connectivity index (χ2n) is 28.7. The van der Waals surface area contributed by atoms with Crippen molar-refractivity contribution in [3.05, 3.63) is 35.9 Å². The number of amides is 13. The van der Waals surface area contributed by atoms with Crippen LogP contribution in [0.4, 0.5) is 0 Å². The van der Waals surface area contributed by atoms with E-state index in [9.17, 15) is 82.6 Å². The molecule has 1 aromatic carbocycles. The van der Waals surface area contributed by atoms with Crippen molar-refractivity contribution in [1.82, 2.24) is 74.4 Å². The van der Waals surface area contributed by atoms with Gasteiger partial charge in [-0.15, -0.1) is 11.8 Å². The Labute approximate surface area is 700 Å². The third kappa shape index (κ3) is 47.4. The van der Waals surface area contributed by atoms with Crippen molar-refractivity contribution >= 4 is 133 Å². The maximum Gasteiger partial charge on any atom is 0.305 e. The topological polar surface area (TPSA) is 620 Å². The second kappa shape index (κ2) is 60.3. The third-order valence-electron chi connectivity index (χ3n) is 18.2. The first-order chi connectivity index (χ1) is 56.1.